The van der Waals surface area contributed by atoms with Crippen molar-refractivity contribution in [2.75, 3.05) is 11.9 Å². The Morgan fingerprint density at radius 1 is 1.35 bits per heavy atom. The quantitative estimate of drug-likeness (QED) is 0.744. The van der Waals surface area contributed by atoms with Gasteiger partial charge in [-0.15, -0.1) is 0 Å². The molecule has 0 spiro atoms. The highest BCUT2D eigenvalue weighted by molar-refractivity contribution is 5.87. The molecule has 0 amide bonds. The van der Waals surface area contributed by atoms with Crippen LogP contribution in [0.2, 0.25) is 0 Å². The molecular weight excluding hydrogens is 216 g/mol. The van der Waals surface area contributed by atoms with Crippen LogP contribution in [-0.4, -0.2) is 23.7 Å². The summed E-state index contributed by atoms with van der Waals surface area (Å²) in [5.41, 5.74) is 7.01. The highest BCUT2D eigenvalue weighted by Gasteiger charge is 2.25. The van der Waals surface area contributed by atoms with Gasteiger partial charge in [-0.1, -0.05) is 6.42 Å². The van der Waals surface area contributed by atoms with E-state index < -0.39 is 5.97 Å². The number of hydrogen-bond donors (Lipinski definition) is 3. The van der Waals surface area contributed by atoms with Crippen LogP contribution < -0.4 is 11.1 Å². The summed E-state index contributed by atoms with van der Waals surface area (Å²) in [5.74, 6) is -0.355. The standard InChI is InChI=1S/C13H18N2O2/c14-8-10-2-1-3-12(10)15-11-6-4-9(5-7-11)13(16)17/h4-7,10,12,15H,1-3,8,14H2,(H,16,17). The van der Waals surface area contributed by atoms with Crippen LogP contribution in [0.1, 0.15) is 29.6 Å². The molecule has 0 aromatic heterocycles. The van der Waals surface area contributed by atoms with Crippen LogP contribution in [0.15, 0.2) is 24.3 Å². The number of carbonyl (C=O) groups is 1. The zero-order valence-electron chi connectivity index (χ0n) is 9.73. The predicted molar refractivity (Wildman–Crippen MR) is 67.2 cm³/mol. The van der Waals surface area contributed by atoms with Gasteiger partial charge in [0.1, 0.15) is 0 Å². The van der Waals surface area contributed by atoms with Crippen LogP contribution in [0.5, 0.6) is 0 Å². The molecule has 0 radical (unpaired) electrons. The van der Waals surface area contributed by atoms with Gasteiger partial charge in [0, 0.05) is 11.7 Å². The molecule has 4 N–H and O–H groups in total. The van der Waals surface area contributed by atoms with Crippen molar-refractivity contribution in [2.24, 2.45) is 11.7 Å². The first-order valence-electron chi connectivity index (χ1n) is 6.00. The van der Waals surface area contributed by atoms with E-state index in [4.69, 9.17) is 10.8 Å². The van der Waals surface area contributed by atoms with E-state index >= 15 is 0 Å². The third kappa shape index (κ3) is 2.77. The molecule has 1 aromatic carbocycles. The molecule has 1 saturated carbocycles. The van der Waals surface area contributed by atoms with Crippen LogP contribution in [0.4, 0.5) is 5.69 Å². The van der Waals surface area contributed by atoms with Gasteiger partial charge in [-0.25, -0.2) is 4.79 Å². The molecule has 1 aliphatic carbocycles. The fraction of sp³-hybridized carbons (Fsp3) is 0.462. The molecule has 4 nitrogen and oxygen atoms in total. The van der Waals surface area contributed by atoms with Gasteiger partial charge in [0.15, 0.2) is 0 Å². The maximum atomic E-state index is 10.7. The normalized spacial score (nSPS) is 23.6. The fourth-order valence-electron chi connectivity index (χ4n) is 2.43. The minimum atomic E-state index is -0.891. The largest absolute Gasteiger partial charge is 0.478 e. The van der Waals surface area contributed by atoms with E-state index in [-0.39, 0.29) is 0 Å². The van der Waals surface area contributed by atoms with Crippen LogP contribution in [-0.2, 0) is 0 Å². The Morgan fingerprint density at radius 2 is 2.06 bits per heavy atom. The highest BCUT2D eigenvalue weighted by atomic mass is 16.4. The zero-order valence-corrected chi connectivity index (χ0v) is 9.73. The third-order valence-corrected chi connectivity index (χ3v) is 3.45. The van der Waals surface area contributed by atoms with Crippen molar-refractivity contribution >= 4 is 11.7 Å². The lowest BCUT2D eigenvalue weighted by Crippen LogP contribution is -2.29. The van der Waals surface area contributed by atoms with E-state index in [1.54, 1.807) is 12.1 Å². The van der Waals surface area contributed by atoms with Crippen molar-refractivity contribution in [2.45, 2.75) is 25.3 Å². The monoisotopic (exact) mass is 234 g/mol. The lowest BCUT2D eigenvalue weighted by Gasteiger charge is -2.20. The van der Waals surface area contributed by atoms with Crippen molar-refractivity contribution < 1.29 is 9.90 Å². The molecule has 2 atom stereocenters. The van der Waals surface area contributed by atoms with Crippen LogP contribution >= 0.6 is 0 Å². The first-order valence-corrected chi connectivity index (χ1v) is 6.00. The predicted octanol–water partition coefficient (Wildman–Crippen LogP) is 1.92. The van der Waals surface area contributed by atoms with Crippen LogP contribution in [0, 0.1) is 5.92 Å². The molecule has 4 heteroatoms. The van der Waals surface area contributed by atoms with E-state index in [1.807, 2.05) is 12.1 Å². The second-order valence-electron chi connectivity index (χ2n) is 4.56. The maximum Gasteiger partial charge on any atom is 0.335 e. The molecule has 2 unspecified atom stereocenters. The molecule has 1 fully saturated rings. The Balaban J connectivity index is 2.01. The highest BCUT2D eigenvalue weighted by Crippen LogP contribution is 2.27. The van der Waals surface area contributed by atoms with Crippen molar-refractivity contribution in [3.8, 4) is 0 Å². The van der Waals surface area contributed by atoms with E-state index in [2.05, 4.69) is 5.32 Å². The van der Waals surface area contributed by atoms with Crippen molar-refractivity contribution in [1.29, 1.82) is 0 Å². The third-order valence-electron chi connectivity index (χ3n) is 3.45. The van der Waals surface area contributed by atoms with E-state index in [0.717, 1.165) is 12.1 Å². The second kappa shape index (κ2) is 5.19. The minimum Gasteiger partial charge on any atom is -0.478 e. The lowest BCUT2D eigenvalue weighted by molar-refractivity contribution is 0.0697. The Hall–Kier alpha value is -1.55. The summed E-state index contributed by atoms with van der Waals surface area (Å²) in [6.45, 7) is 0.713. The van der Waals surface area contributed by atoms with Gasteiger partial charge in [-0.05, 0) is 49.6 Å². The molecule has 0 bridgehead atoms. The number of carboxylic acids is 1. The summed E-state index contributed by atoms with van der Waals surface area (Å²) >= 11 is 0. The maximum absolute atomic E-state index is 10.7. The molecule has 17 heavy (non-hydrogen) atoms. The van der Waals surface area contributed by atoms with Crippen molar-refractivity contribution in [3.63, 3.8) is 0 Å². The van der Waals surface area contributed by atoms with Gasteiger partial charge in [-0.2, -0.15) is 0 Å². The molecule has 92 valence electrons. The van der Waals surface area contributed by atoms with E-state index in [1.165, 1.54) is 12.8 Å². The summed E-state index contributed by atoms with van der Waals surface area (Å²) in [5, 5.41) is 12.2. The van der Waals surface area contributed by atoms with Gasteiger partial charge in [0.05, 0.1) is 5.56 Å². The summed E-state index contributed by atoms with van der Waals surface area (Å²) in [6, 6.07) is 7.30. The summed E-state index contributed by atoms with van der Waals surface area (Å²) < 4.78 is 0. The van der Waals surface area contributed by atoms with Gasteiger partial charge in [0.25, 0.3) is 0 Å². The average Bonchev–Trinajstić information content (AvgIpc) is 2.77. The summed E-state index contributed by atoms with van der Waals surface area (Å²) in [7, 11) is 0. The summed E-state index contributed by atoms with van der Waals surface area (Å²) in [6.07, 6.45) is 3.54. The molecule has 0 heterocycles. The zero-order chi connectivity index (χ0) is 12.3. The molecule has 0 aliphatic heterocycles. The lowest BCUT2D eigenvalue weighted by atomic mass is 10.0. The van der Waals surface area contributed by atoms with Crippen LogP contribution in [0.3, 0.4) is 0 Å². The van der Waals surface area contributed by atoms with Crippen LogP contribution in [0.25, 0.3) is 0 Å². The van der Waals surface area contributed by atoms with E-state index in [0.29, 0.717) is 24.1 Å². The first kappa shape index (κ1) is 11.9. The second-order valence-corrected chi connectivity index (χ2v) is 4.56. The number of hydrogen-bond acceptors (Lipinski definition) is 3. The molecule has 2 rings (SSSR count). The van der Waals surface area contributed by atoms with E-state index in [9.17, 15) is 4.79 Å². The average molecular weight is 234 g/mol. The number of carboxylic acid groups (broad SMARTS) is 1. The Kier molecular flexibility index (Phi) is 3.64. The smallest absolute Gasteiger partial charge is 0.335 e. The fourth-order valence-corrected chi connectivity index (χ4v) is 2.43. The topological polar surface area (TPSA) is 75.3 Å². The van der Waals surface area contributed by atoms with Crippen molar-refractivity contribution in [3.05, 3.63) is 29.8 Å². The number of nitrogens with two attached hydrogens (primary N) is 1. The Labute approximate surface area is 101 Å². The minimum absolute atomic E-state index is 0.317. The number of anilines is 1. The number of rotatable bonds is 4. The number of aromatic carboxylic acids is 1. The van der Waals surface area contributed by atoms with Crippen molar-refractivity contribution in [1.82, 2.24) is 0 Å². The van der Waals surface area contributed by atoms with Gasteiger partial charge >= 0.3 is 5.97 Å². The van der Waals surface area contributed by atoms with Gasteiger partial charge in [0.2, 0.25) is 0 Å². The Bertz CT molecular complexity index is 389. The molecule has 1 aromatic rings. The molecule has 0 saturated heterocycles. The summed E-state index contributed by atoms with van der Waals surface area (Å²) in [4.78, 5) is 10.7. The number of nitrogens with one attached hydrogen (secondary N) is 1. The Morgan fingerprint density at radius 3 is 2.65 bits per heavy atom. The molecule has 1 aliphatic rings. The molecular formula is C13H18N2O2. The first-order chi connectivity index (χ1) is 8.20. The number of benzene rings is 1. The SMILES string of the molecule is NCC1CCCC1Nc1ccc(C(=O)O)cc1. The van der Waals surface area contributed by atoms with Gasteiger partial charge < -0.3 is 16.2 Å². The van der Waals surface area contributed by atoms with Gasteiger partial charge in [-0.3, -0.25) is 0 Å².